The molecule has 1 aromatic carbocycles. The Kier molecular flexibility index (Phi) is 6.35. The number of ether oxygens (including phenoxy) is 1. The molecule has 0 radical (unpaired) electrons. The SMILES string of the molecule is NC(=O)Nc1[nH]c(-c2cc(F)ccc2OCCN2CCC(O)CC2)cc1C(N)=O. The number of hydrogen-bond donors (Lipinski definition) is 5. The van der Waals surface area contributed by atoms with Gasteiger partial charge in [0, 0.05) is 25.2 Å². The molecule has 3 amide bonds. The molecule has 0 aliphatic carbocycles. The summed E-state index contributed by atoms with van der Waals surface area (Å²) in [6.45, 7) is 2.61. The molecule has 0 spiro atoms. The zero-order chi connectivity index (χ0) is 21.0. The number of rotatable bonds is 7. The number of nitrogens with zero attached hydrogens (tertiary/aromatic N) is 1. The topological polar surface area (TPSA) is 147 Å². The number of aliphatic hydroxyl groups is 1. The number of primary amides is 2. The van der Waals surface area contributed by atoms with Gasteiger partial charge in [-0.25, -0.2) is 9.18 Å². The number of aromatic amines is 1. The first-order valence-electron chi connectivity index (χ1n) is 9.26. The number of carbonyl (C=O) groups excluding carboxylic acids is 2. The fourth-order valence-electron chi connectivity index (χ4n) is 3.28. The second-order valence-electron chi connectivity index (χ2n) is 6.89. The van der Waals surface area contributed by atoms with Crippen LogP contribution in [0.1, 0.15) is 23.2 Å². The van der Waals surface area contributed by atoms with Crippen molar-refractivity contribution in [3.63, 3.8) is 0 Å². The van der Waals surface area contributed by atoms with Gasteiger partial charge in [0.25, 0.3) is 5.91 Å². The van der Waals surface area contributed by atoms with Crippen LogP contribution in [0.2, 0.25) is 0 Å². The van der Waals surface area contributed by atoms with Crippen molar-refractivity contribution < 1.29 is 23.8 Å². The maximum absolute atomic E-state index is 13.9. The number of H-pyrrole nitrogens is 1. The second-order valence-corrected chi connectivity index (χ2v) is 6.89. The number of benzene rings is 1. The van der Waals surface area contributed by atoms with Gasteiger partial charge in [0.05, 0.1) is 17.4 Å². The highest BCUT2D eigenvalue weighted by Crippen LogP contribution is 2.33. The van der Waals surface area contributed by atoms with Crippen LogP contribution in [0.15, 0.2) is 24.3 Å². The van der Waals surface area contributed by atoms with Crippen molar-refractivity contribution in [1.29, 1.82) is 0 Å². The number of likely N-dealkylation sites (tertiary alicyclic amines) is 1. The fourth-order valence-corrected chi connectivity index (χ4v) is 3.28. The van der Waals surface area contributed by atoms with Crippen LogP contribution in [-0.4, -0.2) is 59.3 Å². The zero-order valence-electron chi connectivity index (χ0n) is 15.8. The molecule has 0 saturated carbocycles. The summed E-state index contributed by atoms with van der Waals surface area (Å²) in [6, 6.07) is 4.56. The molecule has 1 aliphatic rings. The van der Waals surface area contributed by atoms with Crippen molar-refractivity contribution in [3.8, 4) is 17.0 Å². The maximum Gasteiger partial charge on any atom is 0.317 e. The van der Waals surface area contributed by atoms with Gasteiger partial charge < -0.3 is 26.3 Å². The van der Waals surface area contributed by atoms with E-state index < -0.39 is 17.8 Å². The monoisotopic (exact) mass is 405 g/mol. The van der Waals surface area contributed by atoms with E-state index in [1.54, 1.807) is 0 Å². The minimum absolute atomic E-state index is 0.0147. The summed E-state index contributed by atoms with van der Waals surface area (Å²) < 4.78 is 19.7. The second kappa shape index (κ2) is 8.93. The molecule has 0 unspecified atom stereocenters. The molecule has 29 heavy (non-hydrogen) atoms. The number of urea groups is 1. The Morgan fingerprint density at radius 1 is 1.28 bits per heavy atom. The molecule has 0 bridgehead atoms. The molecule has 3 rings (SSSR count). The van der Waals surface area contributed by atoms with Crippen molar-refractivity contribution in [2.24, 2.45) is 11.5 Å². The molecule has 1 saturated heterocycles. The number of nitrogens with one attached hydrogen (secondary N) is 2. The summed E-state index contributed by atoms with van der Waals surface area (Å²) >= 11 is 0. The van der Waals surface area contributed by atoms with E-state index in [0.29, 0.717) is 30.2 Å². The lowest BCUT2D eigenvalue weighted by Gasteiger charge is -2.29. The van der Waals surface area contributed by atoms with Crippen LogP contribution in [0.4, 0.5) is 15.0 Å². The highest BCUT2D eigenvalue weighted by Gasteiger charge is 2.19. The lowest BCUT2D eigenvalue weighted by molar-refractivity contribution is 0.0755. The fraction of sp³-hybridized carbons (Fsp3) is 0.368. The van der Waals surface area contributed by atoms with E-state index in [0.717, 1.165) is 25.9 Å². The summed E-state index contributed by atoms with van der Waals surface area (Å²) in [5, 5.41) is 11.9. The molecular formula is C19H24FN5O4. The highest BCUT2D eigenvalue weighted by molar-refractivity contribution is 6.03. The van der Waals surface area contributed by atoms with E-state index in [4.69, 9.17) is 16.2 Å². The molecule has 10 heteroatoms. The number of nitrogens with two attached hydrogens (primary N) is 2. The number of hydrogen-bond acceptors (Lipinski definition) is 5. The van der Waals surface area contributed by atoms with Gasteiger partial charge >= 0.3 is 6.03 Å². The van der Waals surface area contributed by atoms with Gasteiger partial charge in [0.2, 0.25) is 0 Å². The first kappa shape index (κ1) is 20.6. The quantitative estimate of drug-likeness (QED) is 0.470. The van der Waals surface area contributed by atoms with E-state index in [9.17, 15) is 19.1 Å². The van der Waals surface area contributed by atoms with Gasteiger partial charge in [-0.1, -0.05) is 0 Å². The van der Waals surface area contributed by atoms with Crippen LogP contribution in [0, 0.1) is 5.82 Å². The minimum atomic E-state index is -0.872. The van der Waals surface area contributed by atoms with Crippen LogP contribution in [0.25, 0.3) is 11.3 Å². The number of piperidine rings is 1. The van der Waals surface area contributed by atoms with E-state index in [1.807, 2.05) is 0 Å². The van der Waals surface area contributed by atoms with Crippen molar-refractivity contribution >= 4 is 17.8 Å². The summed E-state index contributed by atoms with van der Waals surface area (Å²) in [4.78, 5) is 27.8. The Morgan fingerprint density at radius 3 is 2.66 bits per heavy atom. The largest absolute Gasteiger partial charge is 0.492 e. The van der Waals surface area contributed by atoms with Gasteiger partial charge in [-0.05, 0) is 37.1 Å². The normalized spacial score (nSPS) is 15.2. The van der Waals surface area contributed by atoms with Crippen molar-refractivity contribution in [2.75, 3.05) is 31.6 Å². The number of halogens is 1. The average Bonchev–Trinajstić information content (AvgIpc) is 3.07. The number of aromatic nitrogens is 1. The van der Waals surface area contributed by atoms with Crippen LogP contribution in [0.5, 0.6) is 5.75 Å². The van der Waals surface area contributed by atoms with E-state index in [1.165, 1.54) is 24.3 Å². The molecule has 1 fully saturated rings. The Balaban J connectivity index is 1.78. The molecule has 7 N–H and O–H groups in total. The van der Waals surface area contributed by atoms with E-state index >= 15 is 0 Å². The summed E-state index contributed by atoms with van der Waals surface area (Å²) in [7, 11) is 0. The number of amides is 3. The van der Waals surface area contributed by atoms with Gasteiger partial charge in [0.15, 0.2) is 0 Å². The van der Waals surface area contributed by atoms with Crippen molar-refractivity contribution in [2.45, 2.75) is 18.9 Å². The van der Waals surface area contributed by atoms with E-state index in [2.05, 4.69) is 15.2 Å². The predicted molar refractivity (Wildman–Crippen MR) is 105 cm³/mol. The Morgan fingerprint density at radius 2 is 2.00 bits per heavy atom. The minimum Gasteiger partial charge on any atom is -0.492 e. The maximum atomic E-state index is 13.9. The van der Waals surface area contributed by atoms with Crippen molar-refractivity contribution in [3.05, 3.63) is 35.6 Å². The van der Waals surface area contributed by atoms with Gasteiger partial charge in [-0.3, -0.25) is 15.0 Å². The summed E-state index contributed by atoms with van der Waals surface area (Å²) in [5.41, 5.74) is 11.2. The van der Waals surface area contributed by atoms with Crippen molar-refractivity contribution in [1.82, 2.24) is 9.88 Å². The Hall–Kier alpha value is -3.11. The Bertz CT molecular complexity index is 893. The van der Waals surface area contributed by atoms with Crippen LogP contribution in [0.3, 0.4) is 0 Å². The first-order chi connectivity index (χ1) is 13.8. The highest BCUT2D eigenvalue weighted by atomic mass is 19.1. The number of carbonyl (C=O) groups is 2. The van der Waals surface area contributed by atoms with Gasteiger partial charge in [0.1, 0.15) is 24.0 Å². The molecule has 1 aliphatic heterocycles. The third kappa shape index (κ3) is 5.24. The van der Waals surface area contributed by atoms with Gasteiger partial charge in [-0.15, -0.1) is 0 Å². The Labute approximate surface area is 166 Å². The number of aliphatic hydroxyl groups excluding tert-OH is 1. The van der Waals surface area contributed by atoms with Crippen LogP contribution in [-0.2, 0) is 0 Å². The van der Waals surface area contributed by atoms with Gasteiger partial charge in [-0.2, -0.15) is 0 Å². The smallest absolute Gasteiger partial charge is 0.317 e. The molecule has 2 heterocycles. The molecule has 2 aromatic rings. The lowest BCUT2D eigenvalue weighted by atomic mass is 10.1. The molecule has 1 aromatic heterocycles. The number of anilines is 1. The molecular weight excluding hydrogens is 381 g/mol. The summed E-state index contributed by atoms with van der Waals surface area (Å²) in [6.07, 6.45) is 1.22. The first-order valence-corrected chi connectivity index (χ1v) is 9.26. The zero-order valence-corrected chi connectivity index (χ0v) is 15.8. The summed E-state index contributed by atoms with van der Waals surface area (Å²) in [5.74, 6) is -0.826. The third-order valence-corrected chi connectivity index (χ3v) is 4.79. The lowest BCUT2D eigenvalue weighted by Crippen LogP contribution is -2.38. The molecule has 156 valence electrons. The predicted octanol–water partition coefficient (Wildman–Crippen LogP) is 1.25. The van der Waals surface area contributed by atoms with E-state index in [-0.39, 0.29) is 17.5 Å². The molecule has 9 nitrogen and oxygen atoms in total. The standard InChI is InChI=1S/C19H24FN5O4/c20-11-1-2-16(29-8-7-25-5-3-12(26)4-6-25)13(9-11)15-10-14(17(21)27)18(23-15)24-19(22)28/h1-2,9-10,12,23,26H,3-8H2,(H2,21,27)(H3,22,24,28). The third-order valence-electron chi connectivity index (χ3n) is 4.79. The molecule has 0 atom stereocenters. The van der Waals surface area contributed by atoms with Crippen LogP contribution >= 0.6 is 0 Å². The average molecular weight is 405 g/mol. The van der Waals surface area contributed by atoms with Crippen LogP contribution < -0.4 is 21.5 Å².